The normalized spacial score (nSPS) is 18.4. The Balaban J connectivity index is 1.20. The maximum Gasteiger partial charge on any atom is 0.250 e. The number of likely N-dealkylation sites (tertiary alicyclic amines) is 1. The number of ether oxygens (including phenoxy) is 2. The maximum atomic E-state index is 11.9. The molecule has 0 aliphatic carbocycles. The highest BCUT2D eigenvalue weighted by Gasteiger charge is 2.31. The van der Waals surface area contributed by atoms with Crippen molar-refractivity contribution in [2.45, 2.75) is 51.3 Å². The zero-order valence-electron chi connectivity index (χ0n) is 21.2. The highest BCUT2D eigenvalue weighted by Crippen LogP contribution is 2.29. The van der Waals surface area contributed by atoms with Gasteiger partial charge in [0.15, 0.2) is 0 Å². The molecule has 1 aliphatic heterocycles. The summed E-state index contributed by atoms with van der Waals surface area (Å²) < 4.78 is 13.4. The number of pyridine rings is 1. The van der Waals surface area contributed by atoms with Crippen LogP contribution in [0.2, 0.25) is 10.0 Å². The molecule has 4 rings (SSSR count). The summed E-state index contributed by atoms with van der Waals surface area (Å²) in [5.41, 5.74) is 1.42. The molecule has 0 spiro atoms. The highest BCUT2D eigenvalue weighted by atomic mass is 35.5. The van der Waals surface area contributed by atoms with Gasteiger partial charge in [0.2, 0.25) is 0 Å². The summed E-state index contributed by atoms with van der Waals surface area (Å²) in [5.74, 6) is 1.43. The van der Waals surface area contributed by atoms with Gasteiger partial charge in [-0.3, -0.25) is 9.69 Å². The summed E-state index contributed by atoms with van der Waals surface area (Å²) in [6.07, 6.45) is 4.86. The van der Waals surface area contributed by atoms with E-state index >= 15 is 0 Å². The summed E-state index contributed by atoms with van der Waals surface area (Å²) in [4.78, 5) is 14.3. The van der Waals surface area contributed by atoms with Crippen molar-refractivity contribution < 1.29 is 14.6 Å². The van der Waals surface area contributed by atoms with Crippen LogP contribution in [-0.4, -0.2) is 46.5 Å². The Kier molecular flexibility index (Phi) is 9.54. The van der Waals surface area contributed by atoms with Crippen molar-refractivity contribution in [3.63, 3.8) is 0 Å². The molecule has 1 atom stereocenters. The molecule has 2 aromatic carbocycles. The molecule has 8 heteroatoms. The van der Waals surface area contributed by atoms with E-state index in [2.05, 4.69) is 17.0 Å². The first-order valence-corrected chi connectivity index (χ1v) is 13.5. The summed E-state index contributed by atoms with van der Waals surface area (Å²) in [7, 11) is 0. The van der Waals surface area contributed by atoms with Gasteiger partial charge in [-0.1, -0.05) is 41.4 Å². The zero-order valence-corrected chi connectivity index (χ0v) is 22.7. The fourth-order valence-corrected chi connectivity index (χ4v) is 4.81. The van der Waals surface area contributed by atoms with Crippen LogP contribution in [0, 0.1) is 6.92 Å². The first kappa shape index (κ1) is 27.5. The van der Waals surface area contributed by atoms with Crippen molar-refractivity contribution >= 4 is 23.2 Å². The number of aryl methyl sites for hydroxylation is 2. The van der Waals surface area contributed by atoms with Crippen molar-refractivity contribution in [1.82, 2.24) is 9.47 Å². The van der Waals surface area contributed by atoms with E-state index in [9.17, 15) is 9.90 Å². The van der Waals surface area contributed by atoms with Gasteiger partial charge in [-0.25, -0.2) is 0 Å². The highest BCUT2D eigenvalue weighted by molar-refractivity contribution is 6.42. The van der Waals surface area contributed by atoms with E-state index in [1.54, 1.807) is 28.8 Å². The Bertz CT molecular complexity index is 1230. The maximum absolute atomic E-state index is 11.9. The Morgan fingerprint density at radius 2 is 1.73 bits per heavy atom. The number of aromatic nitrogens is 1. The lowest BCUT2D eigenvalue weighted by molar-refractivity contribution is -0.0168. The quantitative estimate of drug-likeness (QED) is 0.330. The van der Waals surface area contributed by atoms with Crippen molar-refractivity contribution in [2.24, 2.45) is 0 Å². The third-order valence-electron chi connectivity index (χ3n) is 6.68. The van der Waals surface area contributed by atoms with E-state index in [1.807, 2.05) is 31.3 Å². The minimum absolute atomic E-state index is 0.0147. The van der Waals surface area contributed by atoms with Crippen LogP contribution in [0.25, 0.3) is 0 Å². The lowest BCUT2D eigenvalue weighted by Crippen LogP contribution is -2.37. The Morgan fingerprint density at radius 3 is 2.51 bits per heavy atom. The number of hydrogen-bond donors (Lipinski definition) is 1. The van der Waals surface area contributed by atoms with Crippen LogP contribution in [-0.2, 0) is 13.1 Å². The molecule has 1 saturated heterocycles. The van der Waals surface area contributed by atoms with Crippen LogP contribution in [0.3, 0.4) is 0 Å². The van der Waals surface area contributed by atoms with Gasteiger partial charge >= 0.3 is 0 Å². The van der Waals surface area contributed by atoms with Crippen molar-refractivity contribution in [3.05, 3.63) is 92.3 Å². The zero-order chi connectivity index (χ0) is 26.3. The van der Waals surface area contributed by atoms with Gasteiger partial charge in [-0.15, -0.1) is 0 Å². The van der Waals surface area contributed by atoms with Gasteiger partial charge in [-0.2, -0.15) is 0 Å². The molecule has 37 heavy (non-hydrogen) atoms. The molecule has 3 aromatic rings. The monoisotopic (exact) mass is 544 g/mol. The van der Waals surface area contributed by atoms with E-state index in [4.69, 9.17) is 32.7 Å². The van der Waals surface area contributed by atoms with Crippen molar-refractivity contribution in [1.29, 1.82) is 0 Å². The molecule has 2 heterocycles. The molecular weight excluding hydrogens is 511 g/mol. The second-order valence-corrected chi connectivity index (χ2v) is 10.6. The molecule has 0 radical (unpaired) electrons. The van der Waals surface area contributed by atoms with Gasteiger partial charge in [0.25, 0.3) is 5.56 Å². The number of aliphatic hydroxyl groups is 1. The second kappa shape index (κ2) is 12.8. The predicted molar refractivity (Wildman–Crippen MR) is 148 cm³/mol. The van der Waals surface area contributed by atoms with Crippen LogP contribution in [0.5, 0.6) is 11.5 Å². The molecule has 6 nitrogen and oxygen atoms in total. The molecular formula is C29H34Cl2N2O4. The smallest absolute Gasteiger partial charge is 0.250 e. The van der Waals surface area contributed by atoms with Crippen molar-refractivity contribution in [2.75, 3.05) is 26.3 Å². The lowest BCUT2D eigenvalue weighted by Gasteiger charge is -2.27. The van der Waals surface area contributed by atoms with Gasteiger partial charge in [0, 0.05) is 38.0 Å². The number of benzene rings is 2. The summed E-state index contributed by atoms with van der Waals surface area (Å²) in [6, 6.07) is 16.7. The number of hydrogen-bond acceptors (Lipinski definition) is 5. The van der Waals surface area contributed by atoms with E-state index in [-0.39, 0.29) is 12.2 Å². The molecule has 0 amide bonds. The van der Waals surface area contributed by atoms with Crippen LogP contribution >= 0.6 is 23.2 Å². The van der Waals surface area contributed by atoms with E-state index in [0.29, 0.717) is 41.8 Å². The first-order valence-electron chi connectivity index (χ1n) is 12.7. The summed E-state index contributed by atoms with van der Waals surface area (Å²) >= 11 is 12.0. The van der Waals surface area contributed by atoms with Gasteiger partial charge in [0.05, 0.1) is 22.3 Å². The van der Waals surface area contributed by atoms with Crippen LogP contribution in [0.4, 0.5) is 0 Å². The predicted octanol–water partition coefficient (Wildman–Crippen LogP) is 5.73. The average Bonchev–Trinajstić information content (AvgIpc) is 3.07. The van der Waals surface area contributed by atoms with E-state index in [0.717, 1.165) is 43.8 Å². The molecule has 1 fully saturated rings. The largest absolute Gasteiger partial charge is 0.494 e. The van der Waals surface area contributed by atoms with E-state index in [1.165, 1.54) is 5.56 Å². The Hall–Kier alpha value is -2.51. The first-order chi connectivity index (χ1) is 17.8. The van der Waals surface area contributed by atoms with Crippen LogP contribution < -0.4 is 15.0 Å². The second-order valence-electron chi connectivity index (χ2n) is 9.80. The SMILES string of the molecule is Cc1ccc(=O)n(CCCOc2ccc(CN3CCC[C@](O)(COc4ccc(Cl)c(Cl)c4)CC3)cc2)c1. The Labute approximate surface area is 228 Å². The third kappa shape index (κ3) is 8.24. The number of nitrogens with zero attached hydrogens (tertiary/aromatic N) is 2. The summed E-state index contributed by atoms with van der Waals surface area (Å²) in [5, 5.41) is 12.0. The minimum atomic E-state index is -0.873. The lowest BCUT2D eigenvalue weighted by atomic mass is 9.96. The van der Waals surface area contributed by atoms with Gasteiger partial charge < -0.3 is 19.1 Å². The van der Waals surface area contributed by atoms with Crippen LogP contribution in [0.1, 0.15) is 36.8 Å². The topological polar surface area (TPSA) is 63.9 Å². The van der Waals surface area contributed by atoms with E-state index < -0.39 is 5.60 Å². The molecule has 0 unspecified atom stereocenters. The van der Waals surface area contributed by atoms with Crippen molar-refractivity contribution in [3.8, 4) is 11.5 Å². The molecule has 1 aromatic heterocycles. The minimum Gasteiger partial charge on any atom is -0.494 e. The fourth-order valence-electron chi connectivity index (χ4n) is 4.52. The summed E-state index contributed by atoms with van der Waals surface area (Å²) in [6.45, 7) is 5.92. The molecule has 198 valence electrons. The molecule has 0 saturated carbocycles. The average molecular weight is 546 g/mol. The number of halogens is 2. The molecule has 1 aliphatic rings. The van der Waals surface area contributed by atoms with Gasteiger partial charge in [-0.05, 0) is 74.5 Å². The fraction of sp³-hybridized carbons (Fsp3) is 0.414. The van der Waals surface area contributed by atoms with Gasteiger partial charge in [0.1, 0.15) is 18.1 Å². The van der Waals surface area contributed by atoms with Crippen LogP contribution in [0.15, 0.2) is 65.6 Å². The Morgan fingerprint density at radius 1 is 0.946 bits per heavy atom. The number of rotatable bonds is 10. The molecule has 0 bridgehead atoms. The molecule has 1 N–H and O–H groups in total. The third-order valence-corrected chi connectivity index (χ3v) is 7.42. The standard InChI is InChI=1S/C29H34Cl2N2O4/c1-22-4-11-28(34)33(19-22)15-3-17-36-24-7-5-23(6-8-24)20-32-14-2-12-29(35,13-16-32)21-37-25-9-10-26(30)27(31)18-25/h4-11,18-19,35H,2-3,12-17,20-21H2,1H3/t29-/m1/s1.